The first-order valence-electron chi connectivity index (χ1n) is 5.99. The van der Waals surface area contributed by atoms with Crippen molar-refractivity contribution in [2.45, 2.75) is 19.3 Å². The Morgan fingerprint density at radius 1 is 1.11 bits per heavy atom. The number of rotatable bonds is 5. The van der Waals surface area contributed by atoms with Crippen LogP contribution in [0.3, 0.4) is 0 Å². The molecule has 0 radical (unpaired) electrons. The Bertz CT molecular complexity index is 470. The summed E-state index contributed by atoms with van der Waals surface area (Å²) < 4.78 is 0. The Hall–Kier alpha value is -1.61. The van der Waals surface area contributed by atoms with Gasteiger partial charge < -0.3 is 4.90 Å². The molecule has 1 aromatic heterocycles. The van der Waals surface area contributed by atoms with E-state index in [1.165, 1.54) is 5.56 Å². The number of benzene rings is 1. The van der Waals surface area contributed by atoms with Gasteiger partial charge in [-0.15, -0.1) is 11.6 Å². The second-order valence-electron chi connectivity index (χ2n) is 4.00. The van der Waals surface area contributed by atoms with Gasteiger partial charge in [0.15, 0.2) is 0 Å². The van der Waals surface area contributed by atoms with E-state index in [9.17, 15) is 0 Å². The number of halogens is 1. The standard InChI is InChI=1S/C14H16ClN3/c1-2-18(11-12-6-4-3-5-7-12)14-10-16-13(8-15)9-17-14/h3-7,9-10H,2,8,11H2,1H3. The second-order valence-corrected chi connectivity index (χ2v) is 4.27. The van der Waals surface area contributed by atoms with Crippen molar-refractivity contribution >= 4 is 17.4 Å². The van der Waals surface area contributed by atoms with Gasteiger partial charge in [-0.05, 0) is 12.5 Å². The highest BCUT2D eigenvalue weighted by molar-refractivity contribution is 6.16. The van der Waals surface area contributed by atoms with E-state index in [2.05, 4.69) is 33.9 Å². The predicted octanol–water partition coefficient (Wildman–Crippen LogP) is 3.24. The van der Waals surface area contributed by atoms with E-state index < -0.39 is 0 Å². The van der Waals surface area contributed by atoms with Gasteiger partial charge in [-0.2, -0.15) is 0 Å². The summed E-state index contributed by atoms with van der Waals surface area (Å²) in [6.45, 7) is 3.84. The number of nitrogens with zero attached hydrogens (tertiary/aromatic N) is 3. The minimum absolute atomic E-state index is 0.401. The van der Waals surface area contributed by atoms with Crippen molar-refractivity contribution in [2.24, 2.45) is 0 Å². The summed E-state index contributed by atoms with van der Waals surface area (Å²) >= 11 is 5.71. The molecule has 0 atom stereocenters. The maximum absolute atomic E-state index is 5.71. The van der Waals surface area contributed by atoms with Crippen LogP contribution in [0.15, 0.2) is 42.7 Å². The Balaban J connectivity index is 2.12. The lowest BCUT2D eigenvalue weighted by atomic mass is 10.2. The fourth-order valence-electron chi connectivity index (χ4n) is 1.74. The molecule has 0 unspecified atom stereocenters. The lowest BCUT2D eigenvalue weighted by Gasteiger charge is -2.21. The molecule has 2 rings (SSSR count). The van der Waals surface area contributed by atoms with Crippen molar-refractivity contribution in [1.29, 1.82) is 0 Å². The van der Waals surface area contributed by atoms with Gasteiger partial charge in [-0.3, -0.25) is 4.98 Å². The smallest absolute Gasteiger partial charge is 0.147 e. The topological polar surface area (TPSA) is 29.0 Å². The van der Waals surface area contributed by atoms with Crippen LogP contribution in [-0.2, 0) is 12.4 Å². The Labute approximate surface area is 112 Å². The molecule has 18 heavy (non-hydrogen) atoms. The third-order valence-electron chi connectivity index (χ3n) is 2.75. The fourth-order valence-corrected chi connectivity index (χ4v) is 1.88. The van der Waals surface area contributed by atoms with E-state index in [1.54, 1.807) is 12.4 Å². The molecule has 94 valence electrons. The van der Waals surface area contributed by atoms with Crippen molar-refractivity contribution in [3.63, 3.8) is 0 Å². The average Bonchev–Trinajstić information content (AvgIpc) is 2.46. The first kappa shape index (κ1) is 12.8. The van der Waals surface area contributed by atoms with Crippen molar-refractivity contribution in [3.8, 4) is 0 Å². The fraction of sp³-hybridized carbons (Fsp3) is 0.286. The minimum Gasteiger partial charge on any atom is -0.351 e. The highest BCUT2D eigenvalue weighted by Crippen LogP contribution is 2.13. The van der Waals surface area contributed by atoms with Crippen molar-refractivity contribution in [2.75, 3.05) is 11.4 Å². The van der Waals surface area contributed by atoms with Gasteiger partial charge in [-0.1, -0.05) is 30.3 Å². The molecular formula is C14H16ClN3. The van der Waals surface area contributed by atoms with Crippen molar-refractivity contribution in [3.05, 3.63) is 54.0 Å². The van der Waals surface area contributed by atoms with Crippen LogP contribution in [0.25, 0.3) is 0 Å². The molecule has 0 bridgehead atoms. The quantitative estimate of drug-likeness (QED) is 0.774. The molecule has 1 aromatic carbocycles. The summed E-state index contributed by atoms with van der Waals surface area (Å²) in [6.07, 6.45) is 3.51. The number of hydrogen-bond acceptors (Lipinski definition) is 3. The van der Waals surface area contributed by atoms with Gasteiger partial charge in [0.2, 0.25) is 0 Å². The van der Waals surface area contributed by atoms with Crippen LogP contribution in [0.5, 0.6) is 0 Å². The van der Waals surface area contributed by atoms with E-state index in [0.717, 1.165) is 24.6 Å². The highest BCUT2D eigenvalue weighted by atomic mass is 35.5. The minimum atomic E-state index is 0.401. The normalized spacial score (nSPS) is 10.3. The zero-order valence-corrected chi connectivity index (χ0v) is 11.1. The maximum atomic E-state index is 5.71. The second kappa shape index (κ2) is 6.36. The summed E-state index contributed by atoms with van der Waals surface area (Å²) in [4.78, 5) is 10.8. The molecule has 0 spiro atoms. The molecule has 0 saturated carbocycles. The highest BCUT2D eigenvalue weighted by Gasteiger charge is 2.07. The summed E-state index contributed by atoms with van der Waals surface area (Å²) in [6, 6.07) is 10.3. The lowest BCUT2D eigenvalue weighted by molar-refractivity contribution is 0.806. The molecule has 0 amide bonds. The van der Waals surface area contributed by atoms with E-state index in [4.69, 9.17) is 11.6 Å². The summed E-state index contributed by atoms with van der Waals surface area (Å²) in [5.74, 6) is 1.29. The van der Waals surface area contributed by atoms with Gasteiger partial charge in [-0.25, -0.2) is 4.98 Å². The summed E-state index contributed by atoms with van der Waals surface area (Å²) in [5.41, 5.74) is 2.07. The molecule has 0 aliphatic rings. The number of anilines is 1. The van der Waals surface area contributed by atoms with Crippen LogP contribution < -0.4 is 4.90 Å². The number of hydrogen-bond donors (Lipinski definition) is 0. The third-order valence-corrected chi connectivity index (χ3v) is 3.02. The molecule has 3 nitrogen and oxygen atoms in total. The zero-order chi connectivity index (χ0) is 12.8. The SMILES string of the molecule is CCN(Cc1ccccc1)c1cnc(CCl)cn1. The van der Waals surface area contributed by atoms with Gasteiger partial charge >= 0.3 is 0 Å². The lowest BCUT2D eigenvalue weighted by Crippen LogP contribution is -2.23. The molecule has 4 heteroatoms. The predicted molar refractivity (Wildman–Crippen MR) is 74.8 cm³/mol. The third kappa shape index (κ3) is 3.20. The van der Waals surface area contributed by atoms with Crippen LogP contribution in [-0.4, -0.2) is 16.5 Å². The van der Waals surface area contributed by atoms with Crippen LogP contribution in [0.1, 0.15) is 18.2 Å². The van der Waals surface area contributed by atoms with Gasteiger partial charge in [0.1, 0.15) is 5.82 Å². The van der Waals surface area contributed by atoms with Crippen LogP contribution in [0.2, 0.25) is 0 Å². The molecule has 2 aromatic rings. The van der Waals surface area contributed by atoms with E-state index in [-0.39, 0.29) is 0 Å². The summed E-state index contributed by atoms with van der Waals surface area (Å²) in [5, 5.41) is 0. The van der Waals surface area contributed by atoms with Crippen molar-refractivity contribution < 1.29 is 0 Å². The van der Waals surface area contributed by atoms with Crippen molar-refractivity contribution in [1.82, 2.24) is 9.97 Å². The van der Waals surface area contributed by atoms with Crippen LogP contribution in [0, 0.1) is 0 Å². The number of aromatic nitrogens is 2. The zero-order valence-electron chi connectivity index (χ0n) is 10.4. The Morgan fingerprint density at radius 3 is 2.44 bits per heavy atom. The molecule has 1 heterocycles. The molecule has 0 saturated heterocycles. The van der Waals surface area contributed by atoms with Crippen LogP contribution >= 0.6 is 11.6 Å². The first-order valence-corrected chi connectivity index (χ1v) is 6.52. The van der Waals surface area contributed by atoms with E-state index in [1.807, 2.05) is 18.2 Å². The monoisotopic (exact) mass is 261 g/mol. The first-order chi connectivity index (χ1) is 8.83. The molecule has 0 N–H and O–H groups in total. The average molecular weight is 262 g/mol. The van der Waals surface area contributed by atoms with Gasteiger partial charge in [0.25, 0.3) is 0 Å². The molecule has 0 aliphatic carbocycles. The van der Waals surface area contributed by atoms with Crippen LogP contribution in [0.4, 0.5) is 5.82 Å². The number of alkyl halides is 1. The largest absolute Gasteiger partial charge is 0.351 e. The van der Waals surface area contributed by atoms with E-state index in [0.29, 0.717) is 5.88 Å². The molecule has 0 aliphatic heterocycles. The Morgan fingerprint density at radius 2 is 1.89 bits per heavy atom. The van der Waals surface area contributed by atoms with Gasteiger partial charge in [0, 0.05) is 13.1 Å². The summed E-state index contributed by atoms with van der Waals surface area (Å²) in [7, 11) is 0. The van der Waals surface area contributed by atoms with E-state index >= 15 is 0 Å². The molecular weight excluding hydrogens is 246 g/mol. The molecule has 0 fully saturated rings. The Kier molecular flexibility index (Phi) is 4.53. The van der Waals surface area contributed by atoms with Gasteiger partial charge in [0.05, 0.1) is 24.0 Å². The maximum Gasteiger partial charge on any atom is 0.147 e.